The Kier molecular flexibility index (Phi) is 16.1. The van der Waals surface area contributed by atoms with Gasteiger partial charge in [0.2, 0.25) is 11.8 Å². The first kappa shape index (κ1) is 48.5. The summed E-state index contributed by atoms with van der Waals surface area (Å²) >= 11 is 0. The van der Waals surface area contributed by atoms with Gasteiger partial charge in [0.15, 0.2) is 11.3 Å². The summed E-state index contributed by atoms with van der Waals surface area (Å²) in [6.07, 6.45) is 11.2. The number of nitrogens with one attached hydrogen (secondary N) is 1. The number of rotatable bonds is 10. The Bertz CT molecular complexity index is 2980. The number of hydrogen-bond donors (Lipinski definition) is 2. The lowest BCUT2D eigenvalue weighted by Gasteiger charge is -2.32. The second-order valence-electron chi connectivity index (χ2n) is 16.3. The molecule has 0 radical (unpaired) electrons. The Labute approximate surface area is 402 Å². The highest BCUT2D eigenvalue weighted by molar-refractivity contribution is 5.98. The number of aromatic nitrogens is 8. The van der Waals surface area contributed by atoms with E-state index in [1.54, 1.807) is 11.1 Å². The zero-order valence-corrected chi connectivity index (χ0v) is 38.2. The highest BCUT2D eigenvalue weighted by Crippen LogP contribution is 2.35. The second kappa shape index (κ2) is 22.9. The van der Waals surface area contributed by atoms with E-state index in [2.05, 4.69) is 50.4 Å². The highest BCUT2D eigenvalue weighted by Gasteiger charge is 2.29. The number of carbonyl (C=O) groups is 2. The summed E-state index contributed by atoms with van der Waals surface area (Å²) in [6.45, 7) is 11.9. The van der Waals surface area contributed by atoms with Crippen LogP contribution in [0, 0.1) is 6.92 Å². The SMILES string of the molecule is C.C=CC(=O)N1CCC[C@@H](n2nc(-c3ccc(Oc4ccccc4)cc3)c3c(N)ncnc32)C1.C=CC(=O)N1CCC[C@@H](n2ncc3c(NC)ncnc32)C1.Cc1ccc(Oc2ccccc2)cc1. The Morgan fingerprint density at radius 3 is 1.74 bits per heavy atom. The monoisotopic (exact) mass is 926 g/mol. The molecule has 16 heteroatoms. The van der Waals surface area contributed by atoms with Crippen LogP contribution in [0.15, 0.2) is 153 Å². The molecule has 0 bridgehead atoms. The third-order valence-electron chi connectivity index (χ3n) is 11.7. The molecule has 3 N–H and O–H groups in total. The molecule has 16 nitrogen and oxygen atoms in total. The molecule has 354 valence electrons. The van der Waals surface area contributed by atoms with Gasteiger partial charge in [-0.25, -0.2) is 29.3 Å². The number of carbonyl (C=O) groups excluding carboxylic acids is 2. The number of fused-ring (bicyclic) bond motifs is 2. The number of anilines is 2. The van der Waals surface area contributed by atoms with Crippen LogP contribution in [-0.2, 0) is 9.59 Å². The Morgan fingerprint density at radius 2 is 1.19 bits per heavy atom. The molecule has 2 saturated heterocycles. The predicted octanol–water partition coefficient (Wildman–Crippen LogP) is 9.86. The standard InChI is InChI=1S/C25H24N6O2.C14H18N6O.C13H12O.CH4/c1-2-21(32)30-14-6-7-18(15-30)31-25-22(24(26)27-16-28-25)23(29-31)17-10-12-20(13-11-17)33-19-8-4-3-5-9-19;1-3-12(21)19-6-4-5-10(8-19)20-14-11(7-18-20)13(15-2)16-9-17-14;1-11-7-9-13(10-8-11)14-12-5-3-2-4-6-12;/h2-5,8-13,16,18H,1,6-7,14-15H2,(H2,26,27,28);3,7,9-10H,1,4-6,8H2,2H3,(H,15,16,17);2-10H,1H3;1H4/t18-;10-;;/m11../s1. The van der Waals surface area contributed by atoms with Gasteiger partial charge in [-0.2, -0.15) is 10.2 Å². The first-order chi connectivity index (χ1) is 33.2. The summed E-state index contributed by atoms with van der Waals surface area (Å²) in [7, 11) is 1.82. The van der Waals surface area contributed by atoms with Crippen molar-refractivity contribution >= 4 is 45.5 Å². The van der Waals surface area contributed by atoms with Crippen molar-refractivity contribution in [2.45, 2.75) is 52.1 Å². The molecular weight excluding hydrogens is 869 g/mol. The number of benzene rings is 4. The third-order valence-corrected chi connectivity index (χ3v) is 11.7. The van der Waals surface area contributed by atoms with Crippen LogP contribution >= 0.6 is 0 Å². The van der Waals surface area contributed by atoms with E-state index in [1.807, 2.05) is 131 Å². The fourth-order valence-corrected chi connectivity index (χ4v) is 8.28. The van der Waals surface area contributed by atoms with Crippen LogP contribution in [0.4, 0.5) is 11.6 Å². The maximum absolute atomic E-state index is 12.2. The quantitative estimate of drug-likeness (QED) is 0.124. The molecule has 69 heavy (non-hydrogen) atoms. The van der Waals surface area contributed by atoms with Gasteiger partial charge in [-0.3, -0.25) is 9.59 Å². The third kappa shape index (κ3) is 11.6. The molecule has 4 aromatic heterocycles. The first-order valence-electron chi connectivity index (χ1n) is 22.5. The lowest BCUT2D eigenvalue weighted by Crippen LogP contribution is -2.40. The number of nitrogens with zero attached hydrogens (tertiary/aromatic N) is 10. The van der Waals surface area contributed by atoms with Crippen molar-refractivity contribution < 1.29 is 19.1 Å². The second-order valence-corrected chi connectivity index (χ2v) is 16.3. The van der Waals surface area contributed by atoms with Crippen molar-refractivity contribution in [3.05, 3.63) is 159 Å². The van der Waals surface area contributed by atoms with E-state index in [9.17, 15) is 9.59 Å². The van der Waals surface area contributed by atoms with E-state index in [1.165, 1.54) is 30.4 Å². The van der Waals surface area contributed by atoms with Crippen LogP contribution in [0.1, 0.15) is 50.8 Å². The molecule has 0 spiro atoms. The fraction of sp³-hybridized carbons (Fsp3) is 0.245. The highest BCUT2D eigenvalue weighted by atomic mass is 16.5. The Hall–Kier alpha value is -8.40. The van der Waals surface area contributed by atoms with Crippen LogP contribution in [0.5, 0.6) is 23.0 Å². The molecule has 2 fully saturated rings. The van der Waals surface area contributed by atoms with Gasteiger partial charge in [0, 0.05) is 38.8 Å². The summed E-state index contributed by atoms with van der Waals surface area (Å²) in [5.41, 5.74) is 10.6. The molecule has 2 atom stereocenters. The van der Waals surface area contributed by atoms with Crippen LogP contribution in [0.3, 0.4) is 0 Å². The van der Waals surface area contributed by atoms with Gasteiger partial charge < -0.3 is 30.3 Å². The predicted molar refractivity (Wildman–Crippen MR) is 271 cm³/mol. The molecule has 2 aliphatic rings. The Balaban J connectivity index is 0.000000167. The number of nitrogens with two attached hydrogens (primary N) is 1. The smallest absolute Gasteiger partial charge is 0.246 e. The van der Waals surface area contributed by atoms with E-state index >= 15 is 0 Å². The number of likely N-dealkylation sites (tertiary alicyclic amines) is 2. The summed E-state index contributed by atoms with van der Waals surface area (Å²) in [5, 5.41) is 14.0. The average molecular weight is 927 g/mol. The number of ether oxygens (including phenoxy) is 2. The van der Waals surface area contributed by atoms with E-state index in [-0.39, 0.29) is 31.3 Å². The maximum Gasteiger partial charge on any atom is 0.246 e. The van der Waals surface area contributed by atoms with E-state index in [0.29, 0.717) is 42.2 Å². The van der Waals surface area contributed by atoms with E-state index < -0.39 is 0 Å². The molecule has 0 aliphatic carbocycles. The van der Waals surface area contributed by atoms with Crippen molar-refractivity contribution in [1.82, 2.24) is 49.3 Å². The lowest BCUT2D eigenvalue weighted by molar-refractivity contribution is -0.128. The number of para-hydroxylation sites is 2. The normalized spacial score (nSPS) is 15.3. The number of piperidine rings is 2. The molecular formula is C53H58N12O4. The number of aryl methyl sites for hydroxylation is 1. The molecule has 2 aliphatic heterocycles. The van der Waals surface area contributed by atoms with Crippen LogP contribution < -0.4 is 20.5 Å². The van der Waals surface area contributed by atoms with Gasteiger partial charge in [-0.05, 0) is 105 Å². The minimum Gasteiger partial charge on any atom is -0.457 e. The molecule has 8 aromatic rings. The average Bonchev–Trinajstić information content (AvgIpc) is 4.02. The minimum atomic E-state index is -0.0699. The van der Waals surface area contributed by atoms with Crippen molar-refractivity contribution in [2.24, 2.45) is 0 Å². The largest absolute Gasteiger partial charge is 0.457 e. The summed E-state index contributed by atoms with van der Waals surface area (Å²) in [4.78, 5) is 44.8. The van der Waals surface area contributed by atoms with Gasteiger partial charge in [0.05, 0.1) is 29.1 Å². The van der Waals surface area contributed by atoms with Crippen LogP contribution in [-0.4, -0.2) is 94.3 Å². The maximum atomic E-state index is 12.2. The van der Waals surface area contributed by atoms with Crippen molar-refractivity contribution in [2.75, 3.05) is 44.3 Å². The lowest BCUT2D eigenvalue weighted by atomic mass is 10.1. The van der Waals surface area contributed by atoms with Crippen molar-refractivity contribution in [1.29, 1.82) is 0 Å². The number of nitrogen functional groups attached to an aromatic ring is 1. The topological polar surface area (TPSA) is 184 Å². The van der Waals surface area contributed by atoms with Gasteiger partial charge in [0.1, 0.15) is 53.0 Å². The summed E-state index contributed by atoms with van der Waals surface area (Å²) in [5.74, 6) is 4.29. The zero-order chi connectivity index (χ0) is 47.4. The van der Waals surface area contributed by atoms with Crippen molar-refractivity contribution in [3.8, 4) is 34.3 Å². The van der Waals surface area contributed by atoms with E-state index in [0.717, 1.165) is 77.6 Å². The van der Waals surface area contributed by atoms with Crippen LogP contribution in [0.2, 0.25) is 0 Å². The first-order valence-corrected chi connectivity index (χ1v) is 22.5. The fourth-order valence-electron chi connectivity index (χ4n) is 8.28. The van der Waals surface area contributed by atoms with Gasteiger partial charge in [-0.1, -0.05) is 74.7 Å². The summed E-state index contributed by atoms with van der Waals surface area (Å²) in [6, 6.07) is 35.3. The number of amides is 2. The van der Waals surface area contributed by atoms with Crippen molar-refractivity contribution in [3.63, 3.8) is 0 Å². The van der Waals surface area contributed by atoms with Gasteiger partial charge in [-0.15, -0.1) is 0 Å². The molecule has 0 saturated carbocycles. The molecule has 0 unspecified atom stereocenters. The molecule has 6 heterocycles. The molecule has 2 amide bonds. The van der Waals surface area contributed by atoms with E-state index in [4.69, 9.17) is 20.3 Å². The zero-order valence-electron chi connectivity index (χ0n) is 38.2. The molecule has 10 rings (SSSR count). The Morgan fingerprint density at radius 1 is 0.681 bits per heavy atom. The van der Waals surface area contributed by atoms with Gasteiger partial charge in [0.25, 0.3) is 0 Å². The molecule has 4 aromatic carbocycles. The summed E-state index contributed by atoms with van der Waals surface area (Å²) < 4.78 is 15.3. The van der Waals surface area contributed by atoms with Gasteiger partial charge >= 0.3 is 0 Å². The van der Waals surface area contributed by atoms with Crippen LogP contribution in [0.25, 0.3) is 33.3 Å². The number of hydrogen-bond acceptors (Lipinski definition) is 12. The minimum absolute atomic E-state index is 0.